The minimum Gasteiger partial charge on any atom is -0.480 e. The molecule has 1 rings (SSSR count). The van der Waals surface area contributed by atoms with E-state index in [4.69, 9.17) is 5.11 Å². The van der Waals surface area contributed by atoms with Crippen LogP contribution in [0, 0.1) is 5.92 Å². The summed E-state index contributed by atoms with van der Waals surface area (Å²) in [6, 6.07) is -0.0527. The van der Waals surface area contributed by atoms with E-state index in [1.165, 1.54) is 11.3 Å². The second-order valence-electron chi connectivity index (χ2n) is 4.83. The third-order valence-corrected chi connectivity index (χ3v) is 3.26. The maximum absolute atomic E-state index is 11.8. The molecule has 0 aromatic heterocycles. The van der Waals surface area contributed by atoms with E-state index in [0.717, 1.165) is 19.3 Å². The van der Waals surface area contributed by atoms with E-state index < -0.39 is 5.97 Å². The smallest absolute Gasteiger partial charge is 0.323 e. The zero-order chi connectivity index (χ0) is 12.8. The van der Waals surface area contributed by atoms with Gasteiger partial charge in [0.05, 0.1) is 0 Å². The molecule has 0 heterocycles. The molecule has 2 unspecified atom stereocenters. The lowest BCUT2D eigenvalue weighted by atomic mass is 9.87. The number of nitrogens with zero attached hydrogens (tertiary/aromatic N) is 1. The van der Waals surface area contributed by atoms with Gasteiger partial charge in [0.2, 0.25) is 0 Å². The molecule has 0 saturated heterocycles. The number of urea groups is 1. The van der Waals surface area contributed by atoms with Gasteiger partial charge in [-0.25, -0.2) is 4.79 Å². The molecule has 0 aromatic carbocycles. The molecule has 0 bridgehead atoms. The number of carboxylic acid groups (broad SMARTS) is 1. The normalized spacial score (nSPS) is 24.1. The van der Waals surface area contributed by atoms with Crippen molar-refractivity contribution in [3.63, 3.8) is 0 Å². The van der Waals surface area contributed by atoms with Crippen LogP contribution in [0.4, 0.5) is 4.79 Å². The third kappa shape index (κ3) is 4.63. The predicted octanol–water partition coefficient (Wildman–Crippen LogP) is 1.68. The van der Waals surface area contributed by atoms with Gasteiger partial charge < -0.3 is 15.3 Å². The Morgan fingerprint density at radius 3 is 2.65 bits per heavy atom. The van der Waals surface area contributed by atoms with Crippen LogP contribution >= 0.6 is 0 Å². The first-order chi connectivity index (χ1) is 8.02. The fourth-order valence-electron chi connectivity index (χ4n) is 2.32. The average Bonchev–Trinajstić information content (AvgIpc) is 2.25. The minimum atomic E-state index is -0.973. The predicted molar refractivity (Wildman–Crippen MR) is 64.8 cm³/mol. The van der Waals surface area contributed by atoms with Gasteiger partial charge in [-0.1, -0.05) is 19.8 Å². The van der Waals surface area contributed by atoms with Gasteiger partial charge in [0.25, 0.3) is 0 Å². The van der Waals surface area contributed by atoms with Gasteiger partial charge >= 0.3 is 12.0 Å². The molecule has 0 aliphatic heterocycles. The van der Waals surface area contributed by atoms with E-state index in [1.54, 1.807) is 6.92 Å². The lowest BCUT2D eigenvalue weighted by Crippen LogP contribution is -2.47. The lowest BCUT2D eigenvalue weighted by molar-refractivity contribution is -0.137. The summed E-state index contributed by atoms with van der Waals surface area (Å²) in [5.41, 5.74) is 0. The van der Waals surface area contributed by atoms with Gasteiger partial charge in [0.1, 0.15) is 6.54 Å². The fraction of sp³-hybridized carbons (Fsp3) is 0.833. The van der Waals surface area contributed by atoms with Crippen LogP contribution in [-0.2, 0) is 4.79 Å². The standard InChI is InChI=1S/C12H22N2O3/c1-3-14(8-11(15)16)12(17)13-10-6-4-5-9(2)7-10/h9-10H,3-8H2,1-2H3,(H,13,17)(H,15,16). The third-order valence-electron chi connectivity index (χ3n) is 3.26. The van der Waals surface area contributed by atoms with Crippen LogP contribution in [0.15, 0.2) is 0 Å². The Bertz CT molecular complexity index is 281. The number of carbonyl (C=O) groups is 2. The number of nitrogens with one attached hydrogen (secondary N) is 1. The molecular formula is C12H22N2O3. The zero-order valence-electron chi connectivity index (χ0n) is 10.6. The van der Waals surface area contributed by atoms with Gasteiger partial charge in [0.15, 0.2) is 0 Å². The first-order valence-corrected chi connectivity index (χ1v) is 6.30. The Hall–Kier alpha value is -1.26. The van der Waals surface area contributed by atoms with Crippen LogP contribution in [0.1, 0.15) is 39.5 Å². The maximum atomic E-state index is 11.8. The summed E-state index contributed by atoms with van der Waals surface area (Å²) >= 11 is 0. The molecule has 2 atom stereocenters. The van der Waals surface area contributed by atoms with Crippen molar-refractivity contribution in [2.24, 2.45) is 5.92 Å². The van der Waals surface area contributed by atoms with Crippen molar-refractivity contribution in [3.8, 4) is 0 Å². The first-order valence-electron chi connectivity index (χ1n) is 6.30. The fourth-order valence-corrected chi connectivity index (χ4v) is 2.32. The number of hydrogen-bond acceptors (Lipinski definition) is 2. The quantitative estimate of drug-likeness (QED) is 0.788. The minimum absolute atomic E-state index is 0.203. The Labute approximate surface area is 102 Å². The van der Waals surface area contributed by atoms with E-state index in [0.29, 0.717) is 12.5 Å². The summed E-state index contributed by atoms with van der Waals surface area (Å²) in [6.45, 7) is 4.16. The van der Waals surface area contributed by atoms with E-state index in [1.807, 2.05) is 0 Å². The van der Waals surface area contributed by atoms with Crippen molar-refractivity contribution >= 4 is 12.0 Å². The molecule has 0 spiro atoms. The molecular weight excluding hydrogens is 220 g/mol. The van der Waals surface area contributed by atoms with Gasteiger partial charge in [-0.05, 0) is 25.7 Å². The average molecular weight is 242 g/mol. The summed E-state index contributed by atoms with van der Waals surface area (Å²) in [5.74, 6) is -0.331. The second kappa shape index (κ2) is 6.47. The molecule has 1 aliphatic carbocycles. The second-order valence-corrected chi connectivity index (χ2v) is 4.83. The van der Waals surface area contributed by atoms with Crippen LogP contribution in [-0.4, -0.2) is 41.1 Å². The van der Waals surface area contributed by atoms with Gasteiger partial charge in [0, 0.05) is 12.6 Å². The Kier molecular flexibility index (Phi) is 5.25. The molecule has 98 valence electrons. The summed E-state index contributed by atoms with van der Waals surface area (Å²) in [5, 5.41) is 11.6. The van der Waals surface area contributed by atoms with E-state index in [2.05, 4.69) is 12.2 Å². The number of amides is 2. The lowest BCUT2D eigenvalue weighted by Gasteiger charge is -2.29. The van der Waals surface area contributed by atoms with Gasteiger partial charge in [-0.3, -0.25) is 4.79 Å². The summed E-state index contributed by atoms with van der Waals surface area (Å²) in [7, 11) is 0. The van der Waals surface area contributed by atoms with Crippen LogP contribution in [0.2, 0.25) is 0 Å². The monoisotopic (exact) mass is 242 g/mol. The van der Waals surface area contributed by atoms with Crippen LogP contribution in [0.5, 0.6) is 0 Å². The van der Waals surface area contributed by atoms with Crippen molar-refractivity contribution in [3.05, 3.63) is 0 Å². The number of aliphatic carboxylic acids is 1. The molecule has 5 heteroatoms. The molecule has 5 nitrogen and oxygen atoms in total. The van der Waals surface area contributed by atoms with Crippen LogP contribution in [0.25, 0.3) is 0 Å². The molecule has 1 aliphatic rings. The van der Waals surface area contributed by atoms with Gasteiger partial charge in [-0.15, -0.1) is 0 Å². The SMILES string of the molecule is CCN(CC(=O)O)C(=O)NC1CCCC(C)C1. The molecule has 1 fully saturated rings. The number of likely N-dealkylation sites (N-methyl/N-ethyl adjacent to an activating group) is 1. The van der Waals surface area contributed by atoms with E-state index in [9.17, 15) is 9.59 Å². The maximum Gasteiger partial charge on any atom is 0.323 e. The highest BCUT2D eigenvalue weighted by atomic mass is 16.4. The van der Waals surface area contributed by atoms with Crippen molar-refractivity contribution in [1.29, 1.82) is 0 Å². The number of carboxylic acids is 1. The summed E-state index contributed by atoms with van der Waals surface area (Å²) in [6.07, 6.45) is 4.35. The highest BCUT2D eigenvalue weighted by molar-refractivity contribution is 5.80. The van der Waals surface area contributed by atoms with Crippen LogP contribution < -0.4 is 5.32 Å². The molecule has 1 saturated carbocycles. The Morgan fingerprint density at radius 2 is 2.12 bits per heavy atom. The van der Waals surface area contributed by atoms with Crippen molar-refractivity contribution in [1.82, 2.24) is 10.2 Å². The van der Waals surface area contributed by atoms with Gasteiger partial charge in [-0.2, -0.15) is 0 Å². The zero-order valence-corrected chi connectivity index (χ0v) is 10.6. The van der Waals surface area contributed by atoms with E-state index >= 15 is 0 Å². The van der Waals surface area contributed by atoms with E-state index in [-0.39, 0.29) is 18.6 Å². The van der Waals surface area contributed by atoms with Crippen molar-refractivity contribution < 1.29 is 14.7 Å². The molecule has 2 amide bonds. The highest BCUT2D eigenvalue weighted by Gasteiger charge is 2.23. The first kappa shape index (κ1) is 13.8. The highest BCUT2D eigenvalue weighted by Crippen LogP contribution is 2.23. The largest absolute Gasteiger partial charge is 0.480 e. The number of rotatable bonds is 4. The number of carbonyl (C=O) groups excluding carboxylic acids is 1. The Morgan fingerprint density at radius 1 is 1.41 bits per heavy atom. The van der Waals surface area contributed by atoms with Crippen LogP contribution in [0.3, 0.4) is 0 Å². The molecule has 2 N–H and O–H groups in total. The topological polar surface area (TPSA) is 69.6 Å². The van der Waals surface area contributed by atoms with Crippen molar-refractivity contribution in [2.45, 2.75) is 45.6 Å². The Balaban J connectivity index is 2.43. The molecule has 17 heavy (non-hydrogen) atoms. The number of hydrogen-bond donors (Lipinski definition) is 2. The summed E-state index contributed by atoms with van der Waals surface area (Å²) < 4.78 is 0. The molecule has 0 aromatic rings. The van der Waals surface area contributed by atoms with Crippen molar-refractivity contribution in [2.75, 3.05) is 13.1 Å². The molecule has 0 radical (unpaired) electrons. The summed E-state index contributed by atoms with van der Waals surface area (Å²) in [4.78, 5) is 23.8.